The van der Waals surface area contributed by atoms with Crippen LogP contribution in [0.1, 0.15) is 150 Å². The molecule has 3 aliphatic rings. The molecule has 2 saturated carbocycles. The second-order valence-electron chi connectivity index (χ2n) is 25.1. The molecule has 0 unspecified atom stereocenters. The lowest BCUT2D eigenvalue weighted by Gasteiger charge is -2.32. The minimum atomic E-state index is -0.768. The summed E-state index contributed by atoms with van der Waals surface area (Å²) in [4.78, 5) is 68.1. The van der Waals surface area contributed by atoms with Gasteiger partial charge >= 0.3 is 19.3 Å². The van der Waals surface area contributed by atoms with Crippen molar-refractivity contribution in [1.82, 2.24) is 29.7 Å². The van der Waals surface area contributed by atoms with Crippen molar-refractivity contribution in [3.8, 4) is 22.8 Å². The first kappa shape index (κ1) is 69.2. The Bertz CT molecular complexity index is 3600. The maximum absolute atomic E-state index is 14.8. The second kappa shape index (κ2) is 28.3. The maximum Gasteiger partial charge on any atom is 0.495 e. The summed E-state index contributed by atoms with van der Waals surface area (Å²) in [5.41, 5.74) is 13.4. The smallest absolute Gasteiger partial charge is 0.486 e. The Morgan fingerprint density at radius 3 is 1.49 bits per heavy atom. The highest BCUT2D eigenvalue weighted by Gasteiger charge is 2.52. The molecule has 9 rings (SSSR count). The highest BCUT2D eigenvalue weighted by Crippen LogP contribution is 2.43. The molecule has 6 N–H and O–H groups in total. The van der Waals surface area contributed by atoms with E-state index in [2.05, 4.69) is 30.6 Å². The number of rotatable bonds is 16. The zero-order chi connectivity index (χ0) is 66.4. The van der Waals surface area contributed by atoms with Crippen LogP contribution in [0.5, 0.6) is 11.5 Å². The maximum atomic E-state index is 14.8. The number of carbonyl (C=O) groups is 4. The number of carbonyl (C=O) groups excluding carboxylic acids is 4. The van der Waals surface area contributed by atoms with Crippen molar-refractivity contribution < 1.29 is 65.0 Å². The van der Waals surface area contributed by atoms with Crippen molar-refractivity contribution in [3.05, 3.63) is 135 Å². The number of aromatic nitrogens is 4. The fourth-order valence-corrected chi connectivity index (χ4v) is 9.10. The summed E-state index contributed by atoms with van der Waals surface area (Å²) < 4.78 is 92.2. The standard InChI is InChI=1S/C29H33F2N5O4.C23H26BF2NO3.C12H19ClN4O3/c1-16-21(24-25(26(32)34-15-33-24)39-11-10-36(5)28(38)40-29(2,3)4)13-19(30)14-23(16)35-27(37)20-9-8-18(12-22(20)31)17-6-7-17;1-13-18(24-29-22(2,3)23(4,5)30-24)11-16(25)12-20(13)27-21(28)17-9-8-15(10-19(17)26)14-6-7-14;1-12(2,3)20-11(18)17(4)5-6-19-8-9(13)15-7-16-10(8)14/h8-9,12-15,17H,6-7,10-11H2,1-5H3,(H,35,37)(H2,32,33,34);8-12,14H,6-7H2,1-5H3,(H,27,28);7H,5-6H2,1-4H3,(H2,14,15,16). The molecule has 0 radical (unpaired) electrons. The van der Waals surface area contributed by atoms with Crippen LogP contribution in [0.3, 0.4) is 0 Å². The van der Waals surface area contributed by atoms with Crippen molar-refractivity contribution in [3.63, 3.8) is 0 Å². The average Bonchev–Trinajstić information content (AvgIpc) is 1.52. The van der Waals surface area contributed by atoms with Crippen molar-refractivity contribution in [2.45, 2.75) is 143 Å². The summed E-state index contributed by atoms with van der Waals surface area (Å²) in [7, 11) is 2.41. The van der Waals surface area contributed by atoms with Crippen LogP contribution < -0.4 is 37.0 Å². The van der Waals surface area contributed by atoms with Gasteiger partial charge in [-0.15, -0.1) is 0 Å². The van der Waals surface area contributed by atoms with E-state index >= 15 is 0 Å². The predicted octanol–water partition coefficient (Wildman–Crippen LogP) is 12.3. The number of nitrogens with zero attached hydrogens (tertiary/aromatic N) is 6. The molecule has 6 aromatic rings. The molecule has 90 heavy (non-hydrogen) atoms. The highest BCUT2D eigenvalue weighted by molar-refractivity contribution is 6.62. The molecule has 4 aromatic carbocycles. The number of anilines is 4. The van der Waals surface area contributed by atoms with E-state index in [-0.39, 0.29) is 76.2 Å². The molecule has 4 amide bonds. The van der Waals surface area contributed by atoms with Gasteiger partial charge in [0.05, 0.1) is 35.4 Å². The summed E-state index contributed by atoms with van der Waals surface area (Å²) in [6.45, 7) is 22.5. The van der Waals surface area contributed by atoms with Crippen LogP contribution in [-0.4, -0.2) is 124 Å². The van der Waals surface area contributed by atoms with Gasteiger partial charge in [-0.25, -0.2) is 47.1 Å². The van der Waals surface area contributed by atoms with E-state index in [9.17, 15) is 36.7 Å². The van der Waals surface area contributed by atoms with Gasteiger partial charge in [0.25, 0.3) is 11.8 Å². The zero-order valence-electron chi connectivity index (χ0n) is 53.1. The zero-order valence-corrected chi connectivity index (χ0v) is 53.9. The van der Waals surface area contributed by atoms with Crippen LogP contribution in [0.2, 0.25) is 5.15 Å². The number of halogens is 5. The van der Waals surface area contributed by atoms with E-state index < -0.39 is 76.8 Å². The first-order chi connectivity index (χ1) is 42.0. The normalized spacial score (nSPS) is 14.9. The Hall–Kier alpha value is -8.29. The lowest BCUT2D eigenvalue weighted by molar-refractivity contribution is 0.00578. The van der Waals surface area contributed by atoms with Crippen molar-refractivity contribution >= 4 is 71.2 Å². The molecule has 482 valence electrons. The van der Waals surface area contributed by atoms with Gasteiger partial charge in [0.15, 0.2) is 28.3 Å². The van der Waals surface area contributed by atoms with E-state index in [0.717, 1.165) is 42.9 Å². The van der Waals surface area contributed by atoms with Gasteiger partial charge in [-0.2, -0.15) is 0 Å². The summed E-state index contributed by atoms with van der Waals surface area (Å²) >= 11 is 5.83. The molecule has 0 atom stereocenters. The summed E-state index contributed by atoms with van der Waals surface area (Å²) in [6, 6.07) is 14.2. The number of likely N-dealkylation sites (N-methyl/N-ethyl adjacent to an activating group) is 2. The van der Waals surface area contributed by atoms with E-state index in [4.69, 9.17) is 51.3 Å². The van der Waals surface area contributed by atoms with Crippen LogP contribution in [0.15, 0.2) is 73.3 Å². The highest BCUT2D eigenvalue weighted by atomic mass is 35.5. The SMILES string of the molecule is CN(CCOc1c(N)ncnc1Cl)C(=O)OC(C)(C)C.Cc1c(NC(=O)c2ccc(C3CC3)cc2F)cc(F)cc1-c1ncnc(N)c1OCCN(C)C(=O)OC(C)(C)C.Cc1c(NC(=O)c2ccc(C3CC3)cc2F)cc(F)cc1B1OC(C)(C)C(C)(C)O1. The van der Waals surface area contributed by atoms with E-state index in [1.54, 1.807) is 81.6 Å². The Labute approximate surface area is 527 Å². The molecule has 20 nitrogen and oxygen atoms in total. The Morgan fingerprint density at radius 2 is 1.06 bits per heavy atom. The largest absolute Gasteiger partial charge is 0.495 e. The van der Waals surface area contributed by atoms with E-state index in [1.165, 1.54) is 64.9 Å². The third-order valence-electron chi connectivity index (χ3n) is 15.0. The molecule has 1 aliphatic heterocycles. The number of hydrogen-bond acceptors (Lipinski definition) is 16. The predicted molar refractivity (Wildman–Crippen MR) is 336 cm³/mol. The third kappa shape index (κ3) is 18.2. The minimum Gasteiger partial charge on any atom is -0.486 e. The number of nitrogens with two attached hydrogens (primary N) is 2. The molecular weight excluding hydrogens is 1190 g/mol. The lowest BCUT2D eigenvalue weighted by Crippen LogP contribution is -2.41. The van der Waals surface area contributed by atoms with Crippen molar-refractivity contribution in [1.29, 1.82) is 0 Å². The Kier molecular flexibility index (Phi) is 21.7. The van der Waals surface area contributed by atoms with Gasteiger partial charge in [-0.05, 0) is 197 Å². The first-order valence-electron chi connectivity index (χ1n) is 29.2. The Balaban J connectivity index is 0.000000203. The molecular formula is C64H78BClF4N10O10. The number of amides is 4. The minimum absolute atomic E-state index is 0.0111. The summed E-state index contributed by atoms with van der Waals surface area (Å²) in [6.07, 6.45) is 5.63. The van der Waals surface area contributed by atoms with E-state index in [1.807, 2.05) is 27.7 Å². The molecule has 3 heterocycles. The van der Waals surface area contributed by atoms with Crippen LogP contribution in [0, 0.1) is 37.1 Å². The van der Waals surface area contributed by atoms with E-state index in [0.29, 0.717) is 40.5 Å². The molecule has 0 spiro atoms. The fraction of sp³-hybridized carbons (Fsp3) is 0.438. The molecule has 3 fully saturated rings. The van der Waals surface area contributed by atoms with Crippen LogP contribution >= 0.6 is 11.6 Å². The van der Waals surface area contributed by atoms with Gasteiger partial charge in [-0.1, -0.05) is 23.7 Å². The monoisotopic (exact) mass is 1270 g/mol. The first-order valence-corrected chi connectivity index (χ1v) is 29.6. The fourth-order valence-electron chi connectivity index (χ4n) is 8.90. The van der Waals surface area contributed by atoms with Gasteiger partial charge < -0.3 is 60.2 Å². The summed E-state index contributed by atoms with van der Waals surface area (Å²) in [5.74, 6) is -2.52. The molecule has 2 aromatic heterocycles. The lowest BCUT2D eigenvalue weighted by atomic mass is 9.75. The number of hydrogen-bond donors (Lipinski definition) is 4. The molecule has 0 bridgehead atoms. The van der Waals surface area contributed by atoms with Gasteiger partial charge in [0.2, 0.25) is 0 Å². The average molecular weight is 1270 g/mol. The third-order valence-corrected chi connectivity index (χ3v) is 15.3. The van der Waals surface area contributed by atoms with Gasteiger partial charge in [0.1, 0.15) is 66.0 Å². The Morgan fingerprint density at radius 1 is 0.633 bits per heavy atom. The van der Waals surface area contributed by atoms with Crippen LogP contribution in [-0.2, 0) is 18.8 Å². The number of ether oxygens (including phenoxy) is 4. The topological polar surface area (TPSA) is 258 Å². The molecule has 1 saturated heterocycles. The van der Waals surface area contributed by atoms with Crippen molar-refractivity contribution in [2.75, 3.05) is 62.5 Å². The molecule has 2 aliphatic carbocycles. The van der Waals surface area contributed by atoms with Crippen molar-refractivity contribution in [2.24, 2.45) is 0 Å². The van der Waals surface area contributed by atoms with Gasteiger partial charge in [-0.3, -0.25) is 9.59 Å². The second-order valence-corrected chi connectivity index (χ2v) is 25.5. The van der Waals surface area contributed by atoms with Gasteiger partial charge in [0, 0.05) is 31.0 Å². The van der Waals surface area contributed by atoms with Crippen LogP contribution in [0.4, 0.5) is 50.2 Å². The number of nitrogen functional groups attached to an aromatic ring is 2. The molecule has 26 heteroatoms. The van der Waals surface area contributed by atoms with Crippen LogP contribution in [0.25, 0.3) is 11.3 Å². The quantitative estimate of drug-likeness (QED) is 0.0399. The number of benzene rings is 4. The summed E-state index contributed by atoms with van der Waals surface area (Å²) in [5, 5.41) is 5.40. The number of nitrogens with one attached hydrogen (secondary N) is 2.